The van der Waals surface area contributed by atoms with Crippen LogP contribution in [0.2, 0.25) is 0 Å². The molecule has 0 saturated heterocycles. The van der Waals surface area contributed by atoms with Crippen molar-refractivity contribution in [2.75, 3.05) is 11.9 Å². The summed E-state index contributed by atoms with van der Waals surface area (Å²) in [6.45, 7) is 3.19. The van der Waals surface area contributed by atoms with E-state index < -0.39 is 5.82 Å². The van der Waals surface area contributed by atoms with Crippen LogP contribution >= 0.6 is 11.3 Å². The van der Waals surface area contributed by atoms with Crippen LogP contribution in [0.4, 0.5) is 14.9 Å². The van der Waals surface area contributed by atoms with E-state index in [1.165, 1.54) is 6.07 Å². The van der Waals surface area contributed by atoms with E-state index in [1.54, 1.807) is 34.4 Å². The molecular formula is C15H17FN2OS. The molecule has 2 amide bonds. The molecule has 0 spiro atoms. The highest BCUT2D eigenvalue weighted by atomic mass is 32.1. The Labute approximate surface area is 122 Å². The van der Waals surface area contributed by atoms with Gasteiger partial charge in [0.2, 0.25) is 0 Å². The van der Waals surface area contributed by atoms with Gasteiger partial charge in [-0.3, -0.25) is 0 Å². The van der Waals surface area contributed by atoms with Crippen LogP contribution in [0.1, 0.15) is 18.9 Å². The zero-order valence-electron chi connectivity index (χ0n) is 11.3. The van der Waals surface area contributed by atoms with Crippen LogP contribution in [0, 0.1) is 5.82 Å². The molecule has 0 radical (unpaired) electrons. The first-order chi connectivity index (χ1) is 9.70. The highest BCUT2D eigenvalue weighted by Crippen LogP contribution is 2.15. The molecule has 0 atom stereocenters. The molecule has 0 aliphatic rings. The van der Waals surface area contributed by atoms with Crippen molar-refractivity contribution in [3.63, 3.8) is 0 Å². The van der Waals surface area contributed by atoms with Gasteiger partial charge in [0.1, 0.15) is 5.82 Å². The second-order valence-electron chi connectivity index (χ2n) is 4.46. The van der Waals surface area contributed by atoms with Gasteiger partial charge >= 0.3 is 6.03 Å². The molecule has 1 aromatic heterocycles. The van der Waals surface area contributed by atoms with E-state index in [4.69, 9.17) is 0 Å². The molecule has 0 bridgehead atoms. The van der Waals surface area contributed by atoms with E-state index in [0.717, 1.165) is 12.0 Å². The van der Waals surface area contributed by atoms with Crippen LogP contribution in [0.3, 0.4) is 0 Å². The number of para-hydroxylation sites is 1. The van der Waals surface area contributed by atoms with Gasteiger partial charge < -0.3 is 10.2 Å². The molecule has 5 heteroatoms. The predicted octanol–water partition coefficient (Wildman–Crippen LogP) is 4.33. The minimum Gasteiger partial charge on any atom is -0.320 e. The number of nitrogens with zero attached hydrogens (tertiary/aromatic N) is 1. The van der Waals surface area contributed by atoms with E-state index >= 15 is 0 Å². The SMILES string of the molecule is CCCN(Cc1ccsc1)C(=O)Nc1ccccc1F. The Morgan fingerprint density at radius 2 is 2.15 bits per heavy atom. The number of nitrogens with one attached hydrogen (secondary N) is 1. The monoisotopic (exact) mass is 292 g/mol. The molecular weight excluding hydrogens is 275 g/mol. The summed E-state index contributed by atoms with van der Waals surface area (Å²) in [7, 11) is 0. The van der Waals surface area contributed by atoms with Crippen LogP contribution < -0.4 is 5.32 Å². The molecule has 0 aliphatic carbocycles. The number of anilines is 1. The van der Waals surface area contributed by atoms with Crippen molar-refractivity contribution < 1.29 is 9.18 Å². The fourth-order valence-electron chi connectivity index (χ4n) is 1.88. The van der Waals surface area contributed by atoms with E-state index in [9.17, 15) is 9.18 Å². The summed E-state index contributed by atoms with van der Waals surface area (Å²) < 4.78 is 13.5. The molecule has 3 nitrogen and oxygen atoms in total. The first-order valence-electron chi connectivity index (χ1n) is 6.52. The summed E-state index contributed by atoms with van der Waals surface area (Å²) in [5, 5.41) is 6.62. The van der Waals surface area contributed by atoms with Crippen LogP contribution in [0.5, 0.6) is 0 Å². The quantitative estimate of drug-likeness (QED) is 0.874. The summed E-state index contributed by atoms with van der Waals surface area (Å²) in [6, 6.07) is 7.90. The minimum atomic E-state index is -0.423. The maximum absolute atomic E-state index is 13.5. The third-order valence-electron chi connectivity index (χ3n) is 2.85. The Balaban J connectivity index is 2.05. The molecule has 1 heterocycles. The van der Waals surface area contributed by atoms with Crippen LogP contribution in [0.25, 0.3) is 0 Å². The molecule has 2 aromatic rings. The molecule has 2 rings (SSSR count). The average molecular weight is 292 g/mol. The molecule has 1 N–H and O–H groups in total. The molecule has 0 saturated carbocycles. The van der Waals surface area contributed by atoms with Gasteiger partial charge in [0.15, 0.2) is 0 Å². The summed E-state index contributed by atoms with van der Waals surface area (Å²) in [5.74, 6) is -0.423. The van der Waals surface area contributed by atoms with E-state index in [-0.39, 0.29) is 11.7 Å². The normalized spacial score (nSPS) is 10.3. The van der Waals surface area contributed by atoms with Gasteiger partial charge in [-0.25, -0.2) is 9.18 Å². The average Bonchev–Trinajstić information content (AvgIpc) is 2.94. The first-order valence-corrected chi connectivity index (χ1v) is 7.46. The van der Waals surface area contributed by atoms with Crippen molar-refractivity contribution in [2.24, 2.45) is 0 Å². The lowest BCUT2D eigenvalue weighted by atomic mass is 10.3. The summed E-state index contributed by atoms with van der Waals surface area (Å²) in [5.41, 5.74) is 1.30. The Hall–Kier alpha value is -1.88. The highest BCUT2D eigenvalue weighted by Gasteiger charge is 2.14. The van der Waals surface area contributed by atoms with Crippen LogP contribution in [-0.4, -0.2) is 17.5 Å². The van der Waals surface area contributed by atoms with Crippen LogP contribution in [-0.2, 0) is 6.54 Å². The van der Waals surface area contributed by atoms with E-state index in [1.807, 2.05) is 23.8 Å². The molecule has 20 heavy (non-hydrogen) atoms. The van der Waals surface area contributed by atoms with Crippen molar-refractivity contribution in [2.45, 2.75) is 19.9 Å². The minimum absolute atomic E-state index is 0.212. The number of benzene rings is 1. The zero-order valence-corrected chi connectivity index (χ0v) is 12.1. The van der Waals surface area contributed by atoms with Gasteiger partial charge in [0.05, 0.1) is 5.69 Å². The Morgan fingerprint density at radius 3 is 2.80 bits per heavy atom. The maximum Gasteiger partial charge on any atom is 0.322 e. The third-order valence-corrected chi connectivity index (χ3v) is 3.58. The lowest BCUT2D eigenvalue weighted by Crippen LogP contribution is -2.35. The van der Waals surface area contributed by atoms with Crippen molar-refractivity contribution >= 4 is 23.1 Å². The zero-order chi connectivity index (χ0) is 14.4. The van der Waals surface area contributed by atoms with Gasteiger partial charge in [-0.15, -0.1) is 0 Å². The Bertz CT molecular complexity index is 557. The van der Waals surface area contributed by atoms with Gasteiger partial charge in [0.25, 0.3) is 0 Å². The van der Waals surface area contributed by atoms with Crippen LogP contribution in [0.15, 0.2) is 41.1 Å². The summed E-state index contributed by atoms with van der Waals surface area (Å²) in [4.78, 5) is 13.9. The lowest BCUT2D eigenvalue weighted by Gasteiger charge is -2.22. The molecule has 106 valence electrons. The standard InChI is InChI=1S/C15H17FN2OS/c1-2-8-18(10-12-7-9-20-11-12)15(19)17-14-6-4-3-5-13(14)16/h3-7,9,11H,2,8,10H2,1H3,(H,17,19). The van der Waals surface area contributed by atoms with Crippen molar-refractivity contribution in [3.8, 4) is 0 Å². The topological polar surface area (TPSA) is 32.3 Å². The van der Waals surface area contributed by atoms with Gasteiger partial charge in [-0.1, -0.05) is 19.1 Å². The number of urea groups is 1. The predicted molar refractivity (Wildman–Crippen MR) is 80.4 cm³/mol. The van der Waals surface area contributed by atoms with Crippen molar-refractivity contribution in [1.29, 1.82) is 0 Å². The number of rotatable bonds is 5. The largest absolute Gasteiger partial charge is 0.322 e. The van der Waals surface area contributed by atoms with Crippen molar-refractivity contribution in [1.82, 2.24) is 4.90 Å². The third kappa shape index (κ3) is 3.81. The van der Waals surface area contributed by atoms with E-state index in [2.05, 4.69) is 5.32 Å². The smallest absolute Gasteiger partial charge is 0.320 e. The maximum atomic E-state index is 13.5. The summed E-state index contributed by atoms with van der Waals surface area (Å²) in [6.07, 6.45) is 0.856. The second kappa shape index (κ2) is 7.05. The number of halogens is 1. The highest BCUT2D eigenvalue weighted by molar-refractivity contribution is 7.07. The fraction of sp³-hybridized carbons (Fsp3) is 0.267. The van der Waals surface area contributed by atoms with Gasteiger partial charge in [-0.05, 0) is 40.9 Å². The number of hydrogen-bond donors (Lipinski definition) is 1. The second-order valence-corrected chi connectivity index (χ2v) is 5.24. The number of carbonyl (C=O) groups excluding carboxylic acids is 1. The van der Waals surface area contributed by atoms with Gasteiger partial charge in [0, 0.05) is 13.1 Å². The molecule has 0 aliphatic heterocycles. The first kappa shape index (κ1) is 14.5. The Kier molecular flexibility index (Phi) is 5.12. The summed E-state index contributed by atoms with van der Waals surface area (Å²) >= 11 is 1.60. The molecule has 1 aromatic carbocycles. The fourth-order valence-corrected chi connectivity index (χ4v) is 2.54. The van der Waals surface area contributed by atoms with Crippen molar-refractivity contribution in [3.05, 3.63) is 52.5 Å². The number of amides is 2. The number of hydrogen-bond acceptors (Lipinski definition) is 2. The Morgan fingerprint density at radius 1 is 1.35 bits per heavy atom. The lowest BCUT2D eigenvalue weighted by molar-refractivity contribution is 0.209. The van der Waals surface area contributed by atoms with Gasteiger partial charge in [-0.2, -0.15) is 11.3 Å². The number of thiophene rings is 1. The molecule has 0 fully saturated rings. The van der Waals surface area contributed by atoms with E-state index in [0.29, 0.717) is 13.1 Å². The number of carbonyl (C=O) groups is 1. The molecule has 0 unspecified atom stereocenters.